The zero-order chi connectivity index (χ0) is 6.97. The monoisotopic (exact) mass is 142 g/mol. The summed E-state index contributed by atoms with van der Waals surface area (Å²) in [6.45, 7) is 0.891. The van der Waals surface area contributed by atoms with Crippen LogP contribution < -0.4 is 0 Å². The van der Waals surface area contributed by atoms with Crippen LogP contribution in [0.4, 0.5) is 0 Å². The lowest BCUT2D eigenvalue weighted by Gasteiger charge is -2.25. The smallest absolute Gasteiger partial charge is 0.0834 e. The molecule has 3 atom stereocenters. The first-order chi connectivity index (χ1) is 4.86. The van der Waals surface area contributed by atoms with Crippen molar-refractivity contribution < 1.29 is 9.84 Å². The maximum atomic E-state index is 9.45. The highest BCUT2D eigenvalue weighted by Gasteiger charge is 2.31. The predicted molar refractivity (Wildman–Crippen MR) is 37.7 cm³/mol. The van der Waals surface area contributed by atoms with Gasteiger partial charge in [-0.2, -0.15) is 0 Å². The van der Waals surface area contributed by atoms with E-state index >= 15 is 0 Å². The van der Waals surface area contributed by atoms with E-state index in [4.69, 9.17) is 4.74 Å². The number of aliphatic hydroxyl groups is 1. The quantitative estimate of drug-likeness (QED) is 0.545. The van der Waals surface area contributed by atoms with E-state index in [0.29, 0.717) is 0 Å². The molecule has 2 bridgehead atoms. The summed E-state index contributed by atoms with van der Waals surface area (Å²) in [5.41, 5.74) is 0. The fourth-order valence-electron chi connectivity index (χ4n) is 1.95. The van der Waals surface area contributed by atoms with Crippen LogP contribution in [-0.2, 0) is 4.74 Å². The molecule has 3 fully saturated rings. The highest BCUT2D eigenvalue weighted by atomic mass is 16.5. The molecular formula is C8H14O2. The van der Waals surface area contributed by atoms with Crippen molar-refractivity contribution in [2.75, 3.05) is 6.61 Å². The van der Waals surface area contributed by atoms with Crippen molar-refractivity contribution in [3.05, 3.63) is 0 Å². The van der Waals surface area contributed by atoms with Crippen LogP contribution in [0, 0.1) is 5.92 Å². The average molecular weight is 142 g/mol. The molecule has 3 rings (SSSR count). The second-order valence-electron chi connectivity index (χ2n) is 3.46. The van der Waals surface area contributed by atoms with Crippen molar-refractivity contribution in [2.24, 2.45) is 5.92 Å². The molecule has 0 aromatic heterocycles. The van der Waals surface area contributed by atoms with Crippen molar-refractivity contribution in [2.45, 2.75) is 37.9 Å². The Morgan fingerprint density at radius 1 is 1.10 bits per heavy atom. The molecule has 0 aromatic carbocycles. The molecule has 0 radical (unpaired) electrons. The van der Waals surface area contributed by atoms with Crippen LogP contribution in [0.3, 0.4) is 0 Å². The number of hydrogen-bond donors (Lipinski definition) is 1. The predicted octanol–water partition coefficient (Wildman–Crippen LogP) is 0.936. The molecule has 58 valence electrons. The van der Waals surface area contributed by atoms with Crippen LogP contribution >= 0.6 is 0 Å². The van der Waals surface area contributed by atoms with Gasteiger partial charge in [0, 0.05) is 6.61 Å². The fourth-order valence-corrected chi connectivity index (χ4v) is 1.95. The number of ether oxygens (including phenoxy) is 1. The van der Waals surface area contributed by atoms with E-state index in [0.717, 1.165) is 31.8 Å². The van der Waals surface area contributed by atoms with Gasteiger partial charge < -0.3 is 9.84 Å². The third kappa shape index (κ3) is 1.06. The topological polar surface area (TPSA) is 29.5 Å². The summed E-state index contributed by atoms with van der Waals surface area (Å²) >= 11 is 0. The average Bonchev–Trinajstić information content (AvgIpc) is 2.24. The third-order valence-electron chi connectivity index (χ3n) is 2.71. The van der Waals surface area contributed by atoms with Crippen molar-refractivity contribution in [1.29, 1.82) is 0 Å². The van der Waals surface area contributed by atoms with Crippen molar-refractivity contribution in [1.82, 2.24) is 0 Å². The first kappa shape index (κ1) is 6.62. The van der Waals surface area contributed by atoms with E-state index in [-0.39, 0.29) is 12.2 Å². The van der Waals surface area contributed by atoms with E-state index in [1.54, 1.807) is 0 Å². The molecule has 2 aliphatic heterocycles. The molecule has 0 aromatic rings. The summed E-state index contributed by atoms with van der Waals surface area (Å²) in [6.07, 6.45) is 4.45. The van der Waals surface area contributed by atoms with Crippen molar-refractivity contribution >= 4 is 0 Å². The van der Waals surface area contributed by atoms with Gasteiger partial charge in [-0.3, -0.25) is 0 Å². The molecule has 2 heteroatoms. The Morgan fingerprint density at radius 2 is 1.90 bits per heavy atom. The number of rotatable bonds is 0. The Balaban J connectivity index is 2.07. The molecule has 0 amide bonds. The minimum atomic E-state index is -0.174. The minimum Gasteiger partial charge on any atom is -0.390 e. The zero-order valence-electron chi connectivity index (χ0n) is 6.12. The molecular weight excluding hydrogens is 128 g/mol. The summed E-state index contributed by atoms with van der Waals surface area (Å²) in [4.78, 5) is 0. The zero-order valence-corrected chi connectivity index (χ0v) is 6.12. The van der Waals surface area contributed by atoms with Gasteiger partial charge in [0.2, 0.25) is 0 Å². The molecule has 2 nitrogen and oxygen atoms in total. The van der Waals surface area contributed by atoms with Crippen LogP contribution in [0.5, 0.6) is 0 Å². The summed E-state index contributed by atoms with van der Waals surface area (Å²) in [7, 11) is 0. The van der Waals surface area contributed by atoms with Gasteiger partial charge in [0.1, 0.15) is 0 Å². The highest BCUT2D eigenvalue weighted by molar-refractivity contribution is 4.81. The SMILES string of the molecule is O[C@@H]1CC[C@@H]2CC[C@H]1OC2. The van der Waals surface area contributed by atoms with Crippen molar-refractivity contribution in [3.63, 3.8) is 0 Å². The molecule has 1 N–H and O–H groups in total. The van der Waals surface area contributed by atoms with Crippen molar-refractivity contribution in [3.8, 4) is 0 Å². The summed E-state index contributed by atoms with van der Waals surface area (Å²) < 4.78 is 5.46. The number of fused-ring (bicyclic) bond motifs is 4. The molecule has 1 aliphatic carbocycles. The molecule has 0 unspecified atom stereocenters. The lowest BCUT2D eigenvalue weighted by atomic mass is 10.00. The van der Waals surface area contributed by atoms with Gasteiger partial charge in [-0.15, -0.1) is 0 Å². The Kier molecular flexibility index (Phi) is 1.66. The van der Waals surface area contributed by atoms with E-state index in [1.807, 2.05) is 0 Å². The molecule has 0 spiro atoms. The van der Waals surface area contributed by atoms with E-state index in [1.165, 1.54) is 6.42 Å². The maximum Gasteiger partial charge on any atom is 0.0834 e. The Hall–Kier alpha value is -0.0800. The Morgan fingerprint density at radius 3 is 2.60 bits per heavy atom. The second kappa shape index (κ2) is 2.51. The van der Waals surface area contributed by atoms with Gasteiger partial charge in [-0.1, -0.05) is 0 Å². The Bertz CT molecular complexity index is 116. The van der Waals surface area contributed by atoms with Crippen LogP contribution in [0.25, 0.3) is 0 Å². The third-order valence-corrected chi connectivity index (χ3v) is 2.71. The normalized spacial score (nSPS) is 47.1. The van der Waals surface area contributed by atoms with Gasteiger partial charge in [-0.05, 0) is 31.6 Å². The second-order valence-corrected chi connectivity index (χ2v) is 3.46. The minimum absolute atomic E-state index is 0.166. The molecule has 2 saturated heterocycles. The van der Waals surface area contributed by atoms with Gasteiger partial charge in [0.05, 0.1) is 12.2 Å². The summed E-state index contributed by atoms with van der Waals surface area (Å²) in [5.74, 6) is 0.744. The largest absolute Gasteiger partial charge is 0.390 e. The standard InChI is InChI=1S/C8H14O2/c9-7-3-1-6-2-4-8(7)10-5-6/h6-9H,1-5H2/t6-,7-,8-/m1/s1. The lowest BCUT2D eigenvalue weighted by molar-refractivity contribution is -0.0580. The van der Waals surface area contributed by atoms with E-state index in [9.17, 15) is 5.11 Å². The molecule has 1 saturated carbocycles. The first-order valence-corrected chi connectivity index (χ1v) is 4.16. The highest BCUT2D eigenvalue weighted by Crippen LogP contribution is 2.30. The number of hydrogen-bond acceptors (Lipinski definition) is 2. The fraction of sp³-hybridized carbons (Fsp3) is 1.00. The first-order valence-electron chi connectivity index (χ1n) is 4.16. The summed E-state index contributed by atoms with van der Waals surface area (Å²) in [5, 5.41) is 9.45. The lowest BCUT2D eigenvalue weighted by Crippen LogP contribution is -2.30. The molecule has 2 heterocycles. The van der Waals surface area contributed by atoms with Crippen LogP contribution in [-0.4, -0.2) is 23.9 Å². The van der Waals surface area contributed by atoms with Gasteiger partial charge >= 0.3 is 0 Å². The van der Waals surface area contributed by atoms with Crippen LogP contribution in [0.15, 0.2) is 0 Å². The number of aliphatic hydroxyl groups excluding tert-OH is 1. The summed E-state index contributed by atoms with van der Waals surface area (Å²) in [6, 6.07) is 0. The van der Waals surface area contributed by atoms with E-state index < -0.39 is 0 Å². The Labute approximate surface area is 61.2 Å². The molecule has 10 heavy (non-hydrogen) atoms. The van der Waals surface area contributed by atoms with Gasteiger partial charge in [0.15, 0.2) is 0 Å². The van der Waals surface area contributed by atoms with Crippen LogP contribution in [0.2, 0.25) is 0 Å². The maximum absolute atomic E-state index is 9.45. The van der Waals surface area contributed by atoms with Crippen LogP contribution in [0.1, 0.15) is 25.7 Å². The van der Waals surface area contributed by atoms with Gasteiger partial charge in [0.25, 0.3) is 0 Å². The molecule has 3 aliphatic rings. The van der Waals surface area contributed by atoms with E-state index in [2.05, 4.69) is 0 Å². The van der Waals surface area contributed by atoms with Gasteiger partial charge in [-0.25, -0.2) is 0 Å².